The van der Waals surface area contributed by atoms with E-state index in [9.17, 15) is 4.79 Å². The van der Waals surface area contributed by atoms with E-state index in [1.807, 2.05) is 10.8 Å². The molecule has 0 aliphatic heterocycles. The SMILES string of the molecule is NC1(CC(=O)NCCn2ccnc2)CCCC1. The Hall–Kier alpha value is -1.36. The van der Waals surface area contributed by atoms with Crippen molar-refractivity contribution in [1.82, 2.24) is 14.9 Å². The molecule has 5 heteroatoms. The lowest BCUT2D eigenvalue weighted by molar-refractivity contribution is -0.122. The maximum Gasteiger partial charge on any atom is 0.221 e. The van der Waals surface area contributed by atoms with Crippen molar-refractivity contribution in [1.29, 1.82) is 0 Å². The van der Waals surface area contributed by atoms with Crippen LogP contribution in [0.3, 0.4) is 0 Å². The van der Waals surface area contributed by atoms with Crippen molar-refractivity contribution in [3.05, 3.63) is 18.7 Å². The predicted octanol–water partition coefficient (Wildman–Crippen LogP) is 0.661. The third-order valence-electron chi connectivity index (χ3n) is 3.36. The van der Waals surface area contributed by atoms with Gasteiger partial charge in [-0.05, 0) is 12.8 Å². The van der Waals surface area contributed by atoms with E-state index in [0.717, 1.165) is 32.2 Å². The molecule has 3 N–H and O–H groups in total. The number of rotatable bonds is 5. The van der Waals surface area contributed by atoms with Gasteiger partial charge >= 0.3 is 0 Å². The average molecular weight is 236 g/mol. The Labute approximate surface area is 101 Å². The van der Waals surface area contributed by atoms with Crippen molar-refractivity contribution in [2.24, 2.45) is 5.73 Å². The molecule has 0 unspecified atom stereocenters. The molecule has 1 aromatic heterocycles. The van der Waals surface area contributed by atoms with Crippen LogP contribution in [0.2, 0.25) is 0 Å². The van der Waals surface area contributed by atoms with Crippen LogP contribution in [0.25, 0.3) is 0 Å². The van der Waals surface area contributed by atoms with Crippen molar-refractivity contribution in [3.63, 3.8) is 0 Å². The van der Waals surface area contributed by atoms with Crippen molar-refractivity contribution >= 4 is 5.91 Å². The van der Waals surface area contributed by atoms with Gasteiger partial charge in [-0.1, -0.05) is 12.8 Å². The van der Waals surface area contributed by atoms with Crippen molar-refractivity contribution in [2.45, 2.75) is 44.2 Å². The normalized spacial score (nSPS) is 18.2. The van der Waals surface area contributed by atoms with Crippen LogP contribution in [0.5, 0.6) is 0 Å². The highest BCUT2D eigenvalue weighted by Gasteiger charge is 2.31. The summed E-state index contributed by atoms with van der Waals surface area (Å²) < 4.78 is 1.94. The first-order chi connectivity index (χ1) is 8.18. The Bertz CT molecular complexity index is 355. The number of carbonyl (C=O) groups is 1. The van der Waals surface area contributed by atoms with E-state index in [-0.39, 0.29) is 11.4 Å². The third-order valence-corrected chi connectivity index (χ3v) is 3.36. The molecule has 2 rings (SSSR count). The van der Waals surface area contributed by atoms with Crippen LogP contribution in [-0.2, 0) is 11.3 Å². The molecule has 1 saturated carbocycles. The second kappa shape index (κ2) is 5.31. The zero-order valence-corrected chi connectivity index (χ0v) is 10.1. The summed E-state index contributed by atoms with van der Waals surface area (Å²) in [5.41, 5.74) is 5.90. The first-order valence-corrected chi connectivity index (χ1v) is 6.19. The van der Waals surface area contributed by atoms with E-state index < -0.39 is 0 Å². The summed E-state index contributed by atoms with van der Waals surface area (Å²) in [6, 6.07) is 0. The van der Waals surface area contributed by atoms with Gasteiger partial charge in [-0.15, -0.1) is 0 Å². The number of nitrogens with one attached hydrogen (secondary N) is 1. The van der Waals surface area contributed by atoms with Gasteiger partial charge in [0.25, 0.3) is 0 Å². The van der Waals surface area contributed by atoms with E-state index in [4.69, 9.17) is 5.73 Å². The molecule has 0 radical (unpaired) electrons. The first-order valence-electron chi connectivity index (χ1n) is 6.19. The molecule has 1 aromatic rings. The van der Waals surface area contributed by atoms with E-state index in [0.29, 0.717) is 13.0 Å². The molecule has 1 heterocycles. The predicted molar refractivity (Wildman–Crippen MR) is 65.2 cm³/mol. The minimum absolute atomic E-state index is 0.0644. The molecule has 1 aliphatic carbocycles. The number of aromatic nitrogens is 2. The average Bonchev–Trinajstić information content (AvgIpc) is 2.90. The summed E-state index contributed by atoms with van der Waals surface area (Å²) >= 11 is 0. The molecule has 94 valence electrons. The fourth-order valence-electron chi connectivity index (χ4n) is 2.38. The van der Waals surface area contributed by atoms with Crippen LogP contribution in [0.15, 0.2) is 18.7 Å². The van der Waals surface area contributed by atoms with Crippen LogP contribution in [0.1, 0.15) is 32.1 Å². The number of nitrogens with zero attached hydrogens (tertiary/aromatic N) is 2. The van der Waals surface area contributed by atoms with Crippen molar-refractivity contribution < 1.29 is 4.79 Å². The molecular weight excluding hydrogens is 216 g/mol. The largest absolute Gasteiger partial charge is 0.354 e. The summed E-state index contributed by atoms with van der Waals surface area (Å²) in [6.07, 6.45) is 10.1. The Morgan fingerprint density at radius 2 is 2.24 bits per heavy atom. The molecule has 0 spiro atoms. The molecule has 1 aliphatic rings. The molecule has 1 fully saturated rings. The highest BCUT2D eigenvalue weighted by Crippen LogP contribution is 2.29. The summed E-state index contributed by atoms with van der Waals surface area (Å²) in [6.45, 7) is 1.38. The molecule has 0 saturated heterocycles. The van der Waals surface area contributed by atoms with Gasteiger partial charge in [-0.2, -0.15) is 0 Å². The Kier molecular flexibility index (Phi) is 3.78. The van der Waals surface area contributed by atoms with Gasteiger partial charge in [-0.3, -0.25) is 4.79 Å². The fourth-order valence-corrected chi connectivity index (χ4v) is 2.38. The van der Waals surface area contributed by atoms with Crippen LogP contribution in [-0.4, -0.2) is 27.5 Å². The summed E-state index contributed by atoms with van der Waals surface area (Å²) in [4.78, 5) is 15.7. The van der Waals surface area contributed by atoms with E-state index in [1.54, 1.807) is 12.5 Å². The lowest BCUT2D eigenvalue weighted by Gasteiger charge is -2.22. The number of amides is 1. The summed E-state index contributed by atoms with van der Waals surface area (Å²) in [7, 11) is 0. The van der Waals surface area contributed by atoms with Gasteiger partial charge in [0, 0.05) is 37.4 Å². The van der Waals surface area contributed by atoms with E-state index in [2.05, 4.69) is 10.3 Å². The maximum absolute atomic E-state index is 11.7. The molecular formula is C12H20N4O. The number of hydrogen-bond acceptors (Lipinski definition) is 3. The zero-order valence-electron chi connectivity index (χ0n) is 10.1. The first kappa shape index (κ1) is 12.1. The van der Waals surface area contributed by atoms with Gasteiger partial charge < -0.3 is 15.6 Å². The van der Waals surface area contributed by atoms with Crippen LogP contribution in [0.4, 0.5) is 0 Å². The summed E-state index contributed by atoms with van der Waals surface area (Å²) in [5, 5.41) is 2.91. The van der Waals surface area contributed by atoms with Gasteiger partial charge in [0.2, 0.25) is 5.91 Å². The molecule has 0 aromatic carbocycles. The zero-order chi connectivity index (χ0) is 12.1. The second-order valence-electron chi connectivity index (χ2n) is 4.90. The Balaban J connectivity index is 1.67. The van der Waals surface area contributed by atoms with Crippen molar-refractivity contribution in [3.8, 4) is 0 Å². The summed E-state index contributed by atoms with van der Waals surface area (Å²) in [5.74, 6) is 0.0644. The van der Waals surface area contributed by atoms with E-state index >= 15 is 0 Å². The molecule has 5 nitrogen and oxygen atoms in total. The van der Waals surface area contributed by atoms with Crippen LogP contribution < -0.4 is 11.1 Å². The highest BCUT2D eigenvalue weighted by molar-refractivity contribution is 5.77. The number of nitrogens with two attached hydrogens (primary N) is 1. The molecule has 0 atom stereocenters. The lowest BCUT2D eigenvalue weighted by Crippen LogP contribution is -2.42. The number of hydrogen-bond donors (Lipinski definition) is 2. The quantitative estimate of drug-likeness (QED) is 0.789. The molecule has 17 heavy (non-hydrogen) atoms. The van der Waals surface area contributed by atoms with Crippen LogP contribution in [0, 0.1) is 0 Å². The van der Waals surface area contributed by atoms with Gasteiger partial charge in [0.05, 0.1) is 6.33 Å². The van der Waals surface area contributed by atoms with Gasteiger partial charge in [-0.25, -0.2) is 4.98 Å². The van der Waals surface area contributed by atoms with Crippen molar-refractivity contribution in [2.75, 3.05) is 6.54 Å². The monoisotopic (exact) mass is 236 g/mol. The smallest absolute Gasteiger partial charge is 0.221 e. The molecule has 1 amide bonds. The maximum atomic E-state index is 11.7. The number of carbonyl (C=O) groups excluding carboxylic acids is 1. The third kappa shape index (κ3) is 3.56. The number of imidazole rings is 1. The minimum atomic E-state index is -0.251. The highest BCUT2D eigenvalue weighted by atomic mass is 16.1. The minimum Gasteiger partial charge on any atom is -0.354 e. The lowest BCUT2D eigenvalue weighted by atomic mass is 9.94. The standard InChI is InChI=1S/C12H20N4O/c13-12(3-1-2-4-12)9-11(17)15-6-8-16-7-5-14-10-16/h5,7,10H,1-4,6,8-9,13H2,(H,15,17). The Morgan fingerprint density at radius 1 is 1.47 bits per heavy atom. The van der Waals surface area contributed by atoms with Gasteiger partial charge in [0.1, 0.15) is 0 Å². The second-order valence-corrected chi connectivity index (χ2v) is 4.90. The van der Waals surface area contributed by atoms with Gasteiger partial charge in [0.15, 0.2) is 0 Å². The molecule has 0 bridgehead atoms. The Morgan fingerprint density at radius 3 is 2.88 bits per heavy atom. The fraction of sp³-hybridized carbons (Fsp3) is 0.667. The topological polar surface area (TPSA) is 72.9 Å². The van der Waals surface area contributed by atoms with Crippen LogP contribution >= 0.6 is 0 Å². The van der Waals surface area contributed by atoms with E-state index in [1.165, 1.54) is 0 Å².